The third kappa shape index (κ3) is 5.67. The summed E-state index contributed by atoms with van der Waals surface area (Å²) in [5, 5.41) is 0. The van der Waals surface area contributed by atoms with Crippen LogP contribution in [0.4, 0.5) is 9.59 Å². The highest BCUT2D eigenvalue weighted by Gasteiger charge is 2.27. The fourth-order valence-electron chi connectivity index (χ4n) is 1.72. The standard InChI is InChI=1S/C14H26N2O4/c1-11(2)20-13(18)16-8-6-15(7-9-16)12(17)19-10-14(3,4)5/h11H,6-10H2,1-5H3. The number of hydrogen-bond acceptors (Lipinski definition) is 4. The van der Waals surface area contributed by atoms with Crippen molar-refractivity contribution in [2.45, 2.75) is 40.7 Å². The van der Waals surface area contributed by atoms with E-state index in [1.807, 2.05) is 34.6 Å². The van der Waals surface area contributed by atoms with E-state index in [-0.39, 0.29) is 23.7 Å². The van der Waals surface area contributed by atoms with E-state index in [9.17, 15) is 9.59 Å². The molecule has 0 radical (unpaired) electrons. The summed E-state index contributed by atoms with van der Waals surface area (Å²) in [7, 11) is 0. The number of carbonyl (C=O) groups excluding carboxylic acids is 2. The van der Waals surface area contributed by atoms with E-state index in [0.717, 1.165) is 0 Å². The Bertz CT molecular complexity index is 342. The molecule has 0 aromatic carbocycles. The molecule has 1 fully saturated rings. The first kappa shape index (κ1) is 16.6. The summed E-state index contributed by atoms with van der Waals surface area (Å²) < 4.78 is 10.4. The van der Waals surface area contributed by atoms with Crippen molar-refractivity contribution in [3.63, 3.8) is 0 Å². The maximum atomic E-state index is 11.9. The van der Waals surface area contributed by atoms with Gasteiger partial charge in [-0.05, 0) is 19.3 Å². The maximum Gasteiger partial charge on any atom is 0.410 e. The van der Waals surface area contributed by atoms with Crippen LogP contribution in [0.15, 0.2) is 0 Å². The molecule has 0 aromatic rings. The zero-order valence-electron chi connectivity index (χ0n) is 13.1. The highest BCUT2D eigenvalue weighted by Crippen LogP contribution is 2.14. The molecule has 20 heavy (non-hydrogen) atoms. The summed E-state index contributed by atoms with van der Waals surface area (Å²) in [5.41, 5.74) is -0.0431. The summed E-state index contributed by atoms with van der Waals surface area (Å²) in [6.45, 7) is 12.0. The first-order valence-electron chi connectivity index (χ1n) is 7.06. The van der Waals surface area contributed by atoms with E-state index in [1.54, 1.807) is 9.80 Å². The Hall–Kier alpha value is -1.46. The molecule has 1 aliphatic rings. The van der Waals surface area contributed by atoms with Crippen LogP contribution in [-0.4, -0.2) is 60.9 Å². The number of hydrogen-bond donors (Lipinski definition) is 0. The fraction of sp³-hybridized carbons (Fsp3) is 0.857. The van der Waals surface area contributed by atoms with Crippen LogP contribution in [0.3, 0.4) is 0 Å². The number of carbonyl (C=O) groups is 2. The number of piperazine rings is 1. The molecule has 0 unspecified atom stereocenters. The lowest BCUT2D eigenvalue weighted by Gasteiger charge is -2.34. The molecule has 1 heterocycles. The Morgan fingerprint density at radius 3 is 1.85 bits per heavy atom. The van der Waals surface area contributed by atoms with Gasteiger partial charge < -0.3 is 19.3 Å². The van der Waals surface area contributed by atoms with Gasteiger partial charge in [-0.15, -0.1) is 0 Å². The maximum absolute atomic E-state index is 11.9. The summed E-state index contributed by atoms with van der Waals surface area (Å²) in [5.74, 6) is 0. The van der Waals surface area contributed by atoms with Crippen molar-refractivity contribution in [1.82, 2.24) is 9.80 Å². The Balaban J connectivity index is 2.34. The van der Waals surface area contributed by atoms with Gasteiger partial charge in [0, 0.05) is 26.2 Å². The molecule has 0 bridgehead atoms. The molecule has 1 aliphatic heterocycles. The third-order valence-corrected chi connectivity index (χ3v) is 2.76. The molecule has 0 saturated carbocycles. The molecule has 0 spiro atoms. The Labute approximate surface area is 121 Å². The van der Waals surface area contributed by atoms with Crippen LogP contribution >= 0.6 is 0 Å². The van der Waals surface area contributed by atoms with Crippen molar-refractivity contribution in [2.75, 3.05) is 32.8 Å². The van der Waals surface area contributed by atoms with Crippen LogP contribution in [0, 0.1) is 5.41 Å². The highest BCUT2D eigenvalue weighted by atomic mass is 16.6. The van der Waals surface area contributed by atoms with Crippen LogP contribution in [0.25, 0.3) is 0 Å². The number of rotatable bonds is 2. The lowest BCUT2D eigenvalue weighted by molar-refractivity contribution is 0.0401. The summed E-state index contributed by atoms with van der Waals surface area (Å²) >= 11 is 0. The topological polar surface area (TPSA) is 59.1 Å². The predicted octanol–water partition coefficient (Wildman–Crippen LogP) is 2.33. The van der Waals surface area contributed by atoms with Crippen LogP contribution < -0.4 is 0 Å². The first-order valence-corrected chi connectivity index (χ1v) is 7.06. The van der Waals surface area contributed by atoms with Gasteiger partial charge in [-0.1, -0.05) is 20.8 Å². The molecule has 6 heteroatoms. The molecule has 2 amide bonds. The predicted molar refractivity (Wildman–Crippen MR) is 75.6 cm³/mol. The molecule has 116 valence electrons. The van der Waals surface area contributed by atoms with E-state index < -0.39 is 0 Å². The number of ether oxygens (including phenoxy) is 2. The van der Waals surface area contributed by atoms with Crippen LogP contribution in [-0.2, 0) is 9.47 Å². The van der Waals surface area contributed by atoms with Crippen LogP contribution in [0.2, 0.25) is 0 Å². The molecule has 1 saturated heterocycles. The van der Waals surface area contributed by atoms with Crippen molar-refractivity contribution in [1.29, 1.82) is 0 Å². The van der Waals surface area contributed by atoms with Crippen molar-refractivity contribution in [3.8, 4) is 0 Å². The highest BCUT2D eigenvalue weighted by molar-refractivity contribution is 5.70. The minimum Gasteiger partial charge on any atom is -0.449 e. The van der Waals surface area contributed by atoms with E-state index in [0.29, 0.717) is 32.8 Å². The minimum absolute atomic E-state index is 0.0431. The first-order chi connectivity index (χ1) is 9.19. The molecule has 0 aliphatic carbocycles. The van der Waals surface area contributed by atoms with Gasteiger partial charge in [0.05, 0.1) is 12.7 Å². The molecule has 0 N–H and O–H groups in total. The molecule has 1 rings (SSSR count). The average Bonchev–Trinajstić information content (AvgIpc) is 2.34. The lowest BCUT2D eigenvalue weighted by Crippen LogP contribution is -2.51. The quantitative estimate of drug-likeness (QED) is 0.781. The zero-order chi connectivity index (χ0) is 15.3. The number of amides is 2. The fourth-order valence-corrected chi connectivity index (χ4v) is 1.72. The Kier molecular flexibility index (Phi) is 5.65. The largest absolute Gasteiger partial charge is 0.449 e. The molecule has 6 nitrogen and oxygen atoms in total. The Morgan fingerprint density at radius 2 is 1.45 bits per heavy atom. The van der Waals surface area contributed by atoms with Crippen LogP contribution in [0.5, 0.6) is 0 Å². The molecule has 0 atom stereocenters. The van der Waals surface area contributed by atoms with Crippen molar-refractivity contribution < 1.29 is 19.1 Å². The summed E-state index contributed by atoms with van der Waals surface area (Å²) in [6, 6.07) is 0. The van der Waals surface area contributed by atoms with Gasteiger partial charge >= 0.3 is 12.2 Å². The number of nitrogens with zero attached hydrogens (tertiary/aromatic N) is 2. The van der Waals surface area contributed by atoms with Crippen LogP contribution in [0.1, 0.15) is 34.6 Å². The van der Waals surface area contributed by atoms with E-state index in [4.69, 9.17) is 9.47 Å². The second kappa shape index (κ2) is 6.81. The van der Waals surface area contributed by atoms with Gasteiger partial charge in [-0.2, -0.15) is 0 Å². The van der Waals surface area contributed by atoms with Crippen molar-refractivity contribution in [3.05, 3.63) is 0 Å². The van der Waals surface area contributed by atoms with Gasteiger partial charge in [-0.25, -0.2) is 9.59 Å². The van der Waals surface area contributed by atoms with Gasteiger partial charge in [0.1, 0.15) is 0 Å². The smallest absolute Gasteiger partial charge is 0.410 e. The van der Waals surface area contributed by atoms with Gasteiger partial charge in [0.25, 0.3) is 0 Å². The van der Waals surface area contributed by atoms with Crippen molar-refractivity contribution in [2.24, 2.45) is 5.41 Å². The monoisotopic (exact) mass is 286 g/mol. The molecular weight excluding hydrogens is 260 g/mol. The average molecular weight is 286 g/mol. The molecular formula is C14H26N2O4. The third-order valence-electron chi connectivity index (χ3n) is 2.76. The van der Waals surface area contributed by atoms with E-state index in [1.165, 1.54) is 0 Å². The lowest BCUT2D eigenvalue weighted by atomic mass is 9.99. The van der Waals surface area contributed by atoms with E-state index >= 15 is 0 Å². The van der Waals surface area contributed by atoms with Gasteiger partial charge in [-0.3, -0.25) is 0 Å². The normalized spacial score (nSPS) is 16.3. The second-order valence-corrected chi connectivity index (χ2v) is 6.52. The Morgan fingerprint density at radius 1 is 1.00 bits per heavy atom. The minimum atomic E-state index is -0.317. The SMILES string of the molecule is CC(C)OC(=O)N1CCN(C(=O)OCC(C)(C)C)CC1. The summed E-state index contributed by atoms with van der Waals surface area (Å²) in [6.07, 6.45) is -0.753. The van der Waals surface area contributed by atoms with Gasteiger partial charge in [0.15, 0.2) is 0 Å². The van der Waals surface area contributed by atoms with Crippen molar-refractivity contribution >= 4 is 12.2 Å². The second-order valence-electron chi connectivity index (χ2n) is 6.52. The molecule has 0 aromatic heterocycles. The summed E-state index contributed by atoms with van der Waals surface area (Å²) in [4.78, 5) is 26.8. The van der Waals surface area contributed by atoms with E-state index in [2.05, 4.69) is 0 Å². The zero-order valence-corrected chi connectivity index (χ0v) is 13.1. The van der Waals surface area contributed by atoms with Gasteiger partial charge in [0.2, 0.25) is 0 Å².